The van der Waals surface area contributed by atoms with Gasteiger partial charge in [0.25, 0.3) is 5.78 Å². The second kappa shape index (κ2) is 6.76. The van der Waals surface area contributed by atoms with Crippen LogP contribution in [0.2, 0.25) is 0 Å². The largest absolute Gasteiger partial charge is 0.507 e. The number of hydrogen-bond acceptors (Lipinski definition) is 6. The van der Waals surface area contributed by atoms with Gasteiger partial charge in [0.1, 0.15) is 23.3 Å². The van der Waals surface area contributed by atoms with Gasteiger partial charge in [0.15, 0.2) is 5.13 Å². The molecular formula is C21H18N2O4S. The van der Waals surface area contributed by atoms with Gasteiger partial charge in [0.05, 0.1) is 11.3 Å². The summed E-state index contributed by atoms with van der Waals surface area (Å²) in [5, 5.41) is 11.3. The van der Waals surface area contributed by atoms with Crippen molar-refractivity contribution in [1.82, 2.24) is 4.98 Å². The zero-order valence-corrected chi connectivity index (χ0v) is 16.4. The maximum absolute atomic E-state index is 12.9. The molecule has 3 aromatic rings. The molecule has 28 heavy (non-hydrogen) atoms. The second-order valence-corrected chi connectivity index (χ2v) is 7.80. The van der Waals surface area contributed by atoms with Gasteiger partial charge in [0, 0.05) is 10.4 Å². The van der Waals surface area contributed by atoms with E-state index in [2.05, 4.69) is 4.98 Å². The van der Waals surface area contributed by atoms with Crippen LogP contribution < -0.4 is 4.90 Å². The van der Waals surface area contributed by atoms with Gasteiger partial charge in [-0.05, 0) is 32.9 Å². The van der Waals surface area contributed by atoms with Crippen molar-refractivity contribution < 1.29 is 19.1 Å². The lowest BCUT2D eigenvalue weighted by molar-refractivity contribution is -0.132. The van der Waals surface area contributed by atoms with E-state index in [4.69, 9.17) is 4.42 Å². The maximum Gasteiger partial charge on any atom is 0.302 e. The first kappa shape index (κ1) is 18.2. The molecule has 1 aromatic carbocycles. The number of aromatic nitrogens is 1. The number of aryl methyl sites for hydroxylation is 3. The van der Waals surface area contributed by atoms with E-state index in [9.17, 15) is 14.7 Å². The molecular weight excluding hydrogens is 376 g/mol. The Morgan fingerprint density at radius 2 is 1.82 bits per heavy atom. The van der Waals surface area contributed by atoms with Gasteiger partial charge in [-0.2, -0.15) is 0 Å². The maximum atomic E-state index is 12.9. The average molecular weight is 394 g/mol. The zero-order valence-electron chi connectivity index (χ0n) is 15.6. The van der Waals surface area contributed by atoms with Gasteiger partial charge in [-0.25, -0.2) is 4.98 Å². The number of Topliss-reactive ketones (excluding diaryl/α,β-unsaturated/α-hetero) is 1. The zero-order chi connectivity index (χ0) is 20.0. The van der Waals surface area contributed by atoms with Crippen LogP contribution in [-0.2, 0) is 9.59 Å². The number of amides is 1. The molecule has 1 aliphatic heterocycles. The monoisotopic (exact) mass is 394 g/mol. The highest BCUT2D eigenvalue weighted by Gasteiger charge is 2.49. The summed E-state index contributed by atoms with van der Waals surface area (Å²) < 4.78 is 5.75. The minimum atomic E-state index is -0.876. The Morgan fingerprint density at radius 3 is 2.39 bits per heavy atom. The predicted molar refractivity (Wildman–Crippen MR) is 106 cm³/mol. The molecule has 6 nitrogen and oxygen atoms in total. The lowest BCUT2D eigenvalue weighted by atomic mass is 9.99. The number of anilines is 1. The van der Waals surface area contributed by atoms with Crippen molar-refractivity contribution >= 4 is 33.9 Å². The number of aliphatic hydroxyl groups is 1. The average Bonchev–Trinajstić information content (AvgIpc) is 3.33. The third kappa shape index (κ3) is 2.84. The molecule has 0 bridgehead atoms. The number of thiazole rings is 1. The van der Waals surface area contributed by atoms with Crippen LogP contribution in [0.15, 0.2) is 52.5 Å². The highest BCUT2D eigenvalue weighted by atomic mass is 32.1. The number of benzene rings is 1. The number of carbonyl (C=O) groups is 2. The van der Waals surface area contributed by atoms with E-state index in [1.54, 1.807) is 43.3 Å². The predicted octanol–water partition coefficient (Wildman–Crippen LogP) is 4.29. The molecule has 1 atom stereocenters. The Hall–Kier alpha value is -3.19. The fourth-order valence-electron chi connectivity index (χ4n) is 3.21. The third-order valence-electron chi connectivity index (χ3n) is 4.75. The molecule has 0 aliphatic carbocycles. The van der Waals surface area contributed by atoms with Gasteiger partial charge < -0.3 is 9.52 Å². The minimum absolute atomic E-state index is 0.00365. The Kier molecular flexibility index (Phi) is 4.39. The number of rotatable bonds is 3. The molecule has 3 heterocycles. The summed E-state index contributed by atoms with van der Waals surface area (Å²) >= 11 is 1.33. The minimum Gasteiger partial charge on any atom is -0.507 e. The van der Waals surface area contributed by atoms with E-state index >= 15 is 0 Å². The number of nitrogens with zero attached hydrogens (tertiary/aromatic N) is 2. The molecule has 7 heteroatoms. The molecule has 0 unspecified atom stereocenters. The van der Waals surface area contributed by atoms with Crippen molar-refractivity contribution in [3.63, 3.8) is 0 Å². The van der Waals surface area contributed by atoms with Crippen LogP contribution in [0, 0.1) is 20.8 Å². The Labute approximate surface area is 165 Å². The Bertz CT molecular complexity index is 1090. The van der Waals surface area contributed by atoms with Crippen LogP contribution in [-0.4, -0.2) is 21.8 Å². The first-order chi connectivity index (χ1) is 13.4. The van der Waals surface area contributed by atoms with Gasteiger partial charge in [0.2, 0.25) is 0 Å². The van der Waals surface area contributed by atoms with Gasteiger partial charge >= 0.3 is 5.91 Å². The van der Waals surface area contributed by atoms with E-state index in [0.29, 0.717) is 22.2 Å². The molecule has 1 N–H and O–H groups in total. The van der Waals surface area contributed by atoms with E-state index in [1.165, 1.54) is 16.2 Å². The van der Waals surface area contributed by atoms with E-state index in [-0.39, 0.29) is 11.3 Å². The third-order valence-corrected chi connectivity index (χ3v) is 5.82. The fourth-order valence-corrected chi connectivity index (χ4v) is 4.15. The number of ketones is 1. The first-order valence-electron chi connectivity index (χ1n) is 8.75. The van der Waals surface area contributed by atoms with Gasteiger partial charge in [-0.1, -0.05) is 30.3 Å². The summed E-state index contributed by atoms with van der Waals surface area (Å²) in [5.74, 6) is -0.673. The standard InChI is InChI=1S/C21H18N2O4S/c1-11-9-10-15(27-11)17-16(18(24)14-7-5-4-6-8-14)19(25)20(26)23(17)21-22-12(2)13(3)28-21/h4-10,17,24H,1-3H3/t17-/m0/s1. The summed E-state index contributed by atoms with van der Waals surface area (Å²) in [5.41, 5.74) is 1.25. The van der Waals surface area contributed by atoms with Crippen molar-refractivity contribution in [3.05, 3.63) is 75.7 Å². The summed E-state index contributed by atoms with van der Waals surface area (Å²) in [6.07, 6.45) is 0. The van der Waals surface area contributed by atoms with E-state index in [0.717, 1.165) is 10.6 Å². The van der Waals surface area contributed by atoms with Crippen molar-refractivity contribution in [1.29, 1.82) is 0 Å². The van der Waals surface area contributed by atoms with Crippen LogP contribution in [0.5, 0.6) is 0 Å². The summed E-state index contributed by atoms with van der Waals surface area (Å²) in [4.78, 5) is 32.6. The summed E-state index contributed by atoms with van der Waals surface area (Å²) in [6, 6.07) is 11.3. The van der Waals surface area contributed by atoms with Crippen LogP contribution in [0.1, 0.15) is 33.7 Å². The molecule has 0 spiro atoms. The molecule has 1 amide bonds. The Balaban J connectivity index is 1.95. The van der Waals surface area contributed by atoms with Crippen LogP contribution in [0.25, 0.3) is 5.76 Å². The number of furan rings is 1. The first-order valence-corrected chi connectivity index (χ1v) is 9.57. The highest BCUT2D eigenvalue weighted by molar-refractivity contribution is 7.16. The molecule has 0 radical (unpaired) electrons. The quantitative estimate of drug-likeness (QED) is 0.407. The molecule has 4 rings (SSSR count). The molecule has 0 saturated carbocycles. The van der Waals surface area contributed by atoms with Gasteiger partial charge in [-0.15, -0.1) is 11.3 Å². The smallest absolute Gasteiger partial charge is 0.302 e. The number of carbonyl (C=O) groups excluding carboxylic acids is 2. The highest BCUT2D eigenvalue weighted by Crippen LogP contribution is 2.44. The molecule has 1 aliphatic rings. The van der Waals surface area contributed by atoms with Crippen LogP contribution in [0.3, 0.4) is 0 Å². The SMILES string of the molecule is Cc1ccc([C@H]2C(=C(O)c3ccccc3)C(=O)C(=O)N2c2nc(C)c(C)s2)o1. The fraction of sp³-hybridized carbons (Fsp3) is 0.190. The Morgan fingerprint density at radius 1 is 1.11 bits per heavy atom. The molecule has 2 aromatic heterocycles. The normalized spacial score (nSPS) is 18.8. The summed E-state index contributed by atoms with van der Waals surface area (Å²) in [6.45, 7) is 5.54. The van der Waals surface area contributed by atoms with E-state index in [1.807, 2.05) is 19.9 Å². The lowest BCUT2D eigenvalue weighted by Gasteiger charge is -2.20. The van der Waals surface area contributed by atoms with Gasteiger partial charge in [-0.3, -0.25) is 14.5 Å². The molecule has 142 valence electrons. The topological polar surface area (TPSA) is 83.6 Å². The summed E-state index contributed by atoms with van der Waals surface area (Å²) in [7, 11) is 0. The molecule has 1 fully saturated rings. The van der Waals surface area contributed by atoms with Crippen molar-refractivity contribution in [2.75, 3.05) is 4.90 Å². The lowest BCUT2D eigenvalue weighted by Crippen LogP contribution is -2.29. The van der Waals surface area contributed by atoms with Crippen LogP contribution >= 0.6 is 11.3 Å². The van der Waals surface area contributed by atoms with Crippen molar-refractivity contribution in [2.24, 2.45) is 0 Å². The van der Waals surface area contributed by atoms with Crippen LogP contribution in [0.4, 0.5) is 5.13 Å². The second-order valence-electron chi connectivity index (χ2n) is 6.62. The number of hydrogen-bond donors (Lipinski definition) is 1. The van der Waals surface area contributed by atoms with E-state index < -0.39 is 17.7 Å². The molecule has 1 saturated heterocycles. The number of aliphatic hydroxyl groups excluding tert-OH is 1. The van der Waals surface area contributed by atoms with Crippen molar-refractivity contribution in [2.45, 2.75) is 26.8 Å². The van der Waals surface area contributed by atoms with Crippen molar-refractivity contribution in [3.8, 4) is 0 Å².